The number of rotatable bonds is 3. The number of hydrogen-bond acceptors (Lipinski definition) is 2. The number of aryl methyl sites for hydroxylation is 1. The number of imidazole rings is 1. The third kappa shape index (κ3) is 2.05. The molecule has 0 amide bonds. The summed E-state index contributed by atoms with van der Waals surface area (Å²) in [6, 6.07) is 4.61. The Labute approximate surface area is 93.7 Å². The van der Waals surface area contributed by atoms with Gasteiger partial charge < -0.3 is 10.3 Å². The zero-order valence-electron chi connectivity index (χ0n) is 9.15. The standard InChI is InChI=1S/C12H14FN3/c1-2-16-6-5-15-12(16)8-9-7-10(14)3-4-11(9)13/h3-7H,2,8,14H2,1H3. The highest BCUT2D eigenvalue weighted by molar-refractivity contribution is 5.42. The molecule has 1 heterocycles. The van der Waals surface area contributed by atoms with Gasteiger partial charge in [0.2, 0.25) is 0 Å². The van der Waals surface area contributed by atoms with E-state index >= 15 is 0 Å². The van der Waals surface area contributed by atoms with E-state index in [4.69, 9.17) is 5.73 Å². The smallest absolute Gasteiger partial charge is 0.127 e. The SMILES string of the molecule is CCn1ccnc1Cc1cc(N)ccc1F. The van der Waals surface area contributed by atoms with E-state index in [1.807, 2.05) is 17.7 Å². The summed E-state index contributed by atoms with van der Waals surface area (Å²) in [5.41, 5.74) is 6.79. The summed E-state index contributed by atoms with van der Waals surface area (Å²) in [7, 11) is 0. The van der Waals surface area contributed by atoms with E-state index < -0.39 is 0 Å². The van der Waals surface area contributed by atoms with E-state index in [0.29, 0.717) is 17.7 Å². The van der Waals surface area contributed by atoms with E-state index in [9.17, 15) is 4.39 Å². The highest BCUT2D eigenvalue weighted by Gasteiger charge is 2.07. The van der Waals surface area contributed by atoms with E-state index in [1.165, 1.54) is 6.07 Å². The van der Waals surface area contributed by atoms with Crippen molar-refractivity contribution >= 4 is 5.69 Å². The summed E-state index contributed by atoms with van der Waals surface area (Å²) in [4.78, 5) is 4.21. The van der Waals surface area contributed by atoms with Crippen LogP contribution in [0.4, 0.5) is 10.1 Å². The molecule has 1 aromatic heterocycles. The summed E-state index contributed by atoms with van der Waals surface area (Å²) in [5.74, 6) is 0.617. The second-order valence-corrected chi connectivity index (χ2v) is 3.66. The largest absolute Gasteiger partial charge is 0.399 e. The Balaban J connectivity index is 2.30. The van der Waals surface area contributed by atoms with E-state index in [1.54, 1.807) is 18.3 Å². The Morgan fingerprint density at radius 3 is 3.00 bits per heavy atom. The van der Waals surface area contributed by atoms with Crippen LogP contribution in [0.2, 0.25) is 0 Å². The Kier molecular flexibility index (Phi) is 2.90. The van der Waals surface area contributed by atoms with Crippen LogP contribution in [0.1, 0.15) is 18.3 Å². The number of nitrogen functional groups attached to an aromatic ring is 1. The molecular formula is C12H14FN3. The Hall–Kier alpha value is -1.84. The fourth-order valence-corrected chi connectivity index (χ4v) is 1.70. The Morgan fingerprint density at radius 2 is 2.25 bits per heavy atom. The topological polar surface area (TPSA) is 43.8 Å². The van der Waals surface area contributed by atoms with Crippen LogP contribution in [0.3, 0.4) is 0 Å². The molecule has 0 radical (unpaired) electrons. The van der Waals surface area contributed by atoms with E-state index in [2.05, 4.69) is 4.98 Å². The van der Waals surface area contributed by atoms with Crippen molar-refractivity contribution in [2.75, 3.05) is 5.73 Å². The summed E-state index contributed by atoms with van der Waals surface area (Å²) in [5, 5.41) is 0. The first-order valence-corrected chi connectivity index (χ1v) is 5.24. The third-order valence-corrected chi connectivity index (χ3v) is 2.56. The van der Waals surface area contributed by atoms with Crippen LogP contribution in [0.25, 0.3) is 0 Å². The van der Waals surface area contributed by atoms with Crippen LogP contribution >= 0.6 is 0 Å². The number of halogens is 1. The average Bonchev–Trinajstić information content (AvgIpc) is 2.71. The number of nitrogens with two attached hydrogens (primary N) is 1. The number of anilines is 1. The minimum atomic E-state index is -0.236. The number of aromatic nitrogens is 2. The van der Waals surface area contributed by atoms with Crippen molar-refractivity contribution < 1.29 is 4.39 Å². The molecule has 0 spiro atoms. The molecule has 0 fully saturated rings. The molecule has 0 saturated carbocycles. The van der Waals surface area contributed by atoms with Crippen LogP contribution < -0.4 is 5.73 Å². The van der Waals surface area contributed by atoms with Crippen molar-refractivity contribution in [1.29, 1.82) is 0 Å². The molecule has 1 aromatic carbocycles. The molecule has 2 aromatic rings. The average molecular weight is 219 g/mol. The number of benzene rings is 1. The molecule has 0 aliphatic rings. The quantitative estimate of drug-likeness (QED) is 0.804. The Bertz CT molecular complexity index is 491. The maximum absolute atomic E-state index is 13.5. The van der Waals surface area contributed by atoms with Crippen molar-refractivity contribution in [1.82, 2.24) is 9.55 Å². The van der Waals surface area contributed by atoms with Gasteiger partial charge in [-0.1, -0.05) is 0 Å². The van der Waals surface area contributed by atoms with Crippen molar-refractivity contribution in [2.45, 2.75) is 19.9 Å². The molecule has 2 rings (SSSR count). The van der Waals surface area contributed by atoms with Crippen LogP contribution in [0.15, 0.2) is 30.6 Å². The lowest BCUT2D eigenvalue weighted by Gasteiger charge is -2.06. The van der Waals surface area contributed by atoms with Gasteiger partial charge in [-0.05, 0) is 30.7 Å². The first kappa shape index (κ1) is 10.7. The Morgan fingerprint density at radius 1 is 1.44 bits per heavy atom. The zero-order chi connectivity index (χ0) is 11.5. The number of nitrogens with zero attached hydrogens (tertiary/aromatic N) is 2. The molecular weight excluding hydrogens is 205 g/mol. The van der Waals surface area contributed by atoms with Gasteiger partial charge in [0, 0.05) is 31.0 Å². The van der Waals surface area contributed by atoms with Crippen molar-refractivity contribution in [3.63, 3.8) is 0 Å². The highest BCUT2D eigenvalue weighted by Crippen LogP contribution is 2.15. The molecule has 0 aliphatic heterocycles. The van der Waals surface area contributed by atoms with Gasteiger partial charge in [0.1, 0.15) is 11.6 Å². The van der Waals surface area contributed by atoms with Crippen LogP contribution in [0, 0.1) is 5.82 Å². The summed E-state index contributed by atoms with van der Waals surface area (Å²) in [6.45, 7) is 2.86. The second-order valence-electron chi connectivity index (χ2n) is 3.66. The van der Waals surface area contributed by atoms with E-state index in [0.717, 1.165) is 12.4 Å². The van der Waals surface area contributed by atoms with Gasteiger partial charge in [0.05, 0.1) is 0 Å². The predicted molar refractivity (Wildman–Crippen MR) is 61.5 cm³/mol. The van der Waals surface area contributed by atoms with Gasteiger partial charge >= 0.3 is 0 Å². The molecule has 16 heavy (non-hydrogen) atoms. The fourth-order valence-electron chi connectivity index (χ4n) is 1.70. The highest BCUT2D eigenvalue weighted by atomic mass is 19.1. The molecule has 84 valence electrons. The van der Waals surface area contributed by atoms with Crippen molar-refractivity contribution in [2.24, 2.45) is 0 Å². The van der Waals surface area contributed by atoms with Crippen LogP contribution in [-0.2, 0) is 13.0 Å². The van der Waals surface area contributed by atoms with E-state index in [-0.39, 0.29) is 5.82 Å². The molecule has 0 bridgehead atoms. The molecule has 0 saturated heterocycles. The molecule has 0 atom stereocenters. The van der Waals surface area contributed by atoms with Crippen molar-refractivity contribution in [3.8, 4) is 0 Å². The minimum absolute atomic E-state index is 0.236. The zero-order valence-corrected chi connectivity index (χ0v) is 9.15. The summed E-state index contributed by atoms with van der Waals surface area (Å²) in [6.07, 6.45) is 4.08. The van der Waals surface area contributed by atoms with Gasteiger partial charge in [0.15, 0.2) is 0 Å². The summed E-state index contributed by atoms with van der Waals surface area (Å²) < 4.78 is 15.5. The maximum atomic E-state index is 13.5. The first-order chi connectivity index (χ1) is 7.70. The van der Waals surface area contributed by atoms with Gasteiger partial charge in [-0.3, -0.25) is 0 Å². The lowest BCUT2D eigenvalue weighted by molar-refractivity contribution is 0.608. The summed E-state index contributed by atoms with van der Waals surface area (Å²) >= 11 is 0. The van der Waals surface area contributed by atoms with Crippen LogP contribution in [0.5, 0.6) is 0 Å². The number of hydrogen-bond donors (Lipinski definition) is 1. The fraction of sp³-hybridized carbons (Fsp3) is 0.250. The van der Waals surface area contributed by atoms with Crippen molar-refractivity contribution in [3.05, 3.63) is 47.8 Å². The minimum Gasteiger partial charge on any atom is -0.399 e. The van der Waals surface area contributed by atoms with Gasteiger partial charge in [-0.15, -0.1) is 0 Å². The first-order valence-electron chi connectivity index (χ1n) is 5.24. The van der Waals surface area contributed by atoms with Gasteiger partial charge in [0.25, 0.3) is 0 Å². The maximum Gasteiger partial charge on any atom is 0.127 e. The molecule has 2 N–H and O–H groups in total. The molecule has 0 aliphatic carbocycles. The van der Waals surface area contributed by atoms with Gasteiger partial charge in [-0.2, -0.15) is 0 Å². The normalized spacial score (nSPS) is 10.6. The monoisotopic (exact) mass is 219 g/mol. The molecule has 4 heteroatoms. The molecule has 0 unspecified atom stereocenters. The second kappa shape index (κ2) is 4.35. The third-order valence-electron chi connectivity index (χ3n) is 2.56. The lowest BCUT2D eigenvalue weighted by atomic mass is 10.1. The predicted octanol–water partition coefficient (Wildman–Crippen LogP) is 2.22. The van der Waals surface area contributed by atoms with Gasteiger partial charge in [-0.25, -0.2) is 9.37 Å². The van der Waals surface area contributed by atoms with Crippen LogP contribution in [-0.4, -0.2) is 9.55 Å². The lowest BCUT2D eigenvalue weighted by Crippen LogP contribution is -2.03. The molecule has 3 nitrogen and oxygen atoms in total.